The summed E-state index contributed by atoms with van der Waals surface area (Å²) in [6.45, 7) is 1.84. The summed E-state index contributed by atoms with van der Waals surface area (Å²) in [5.74, 6) is -0.381. The van der Waals surface area contributed by atoms with E-state index >= 15 is 0 Å². The number of carboxylic acid groups (broad SMARTS) is 1. The summed E-state index contributed by atoms with van der Waals surface area (Å²) in [6, 6.07) is 8.47. The quantitative estimate of drug-likeness (QED) is 0.735. The van der Waals surface area contributed by atoms with Crippen molar-refractivity contribution in [1.29, 1.82) is 0 Å². The Morgan fingerprint density at radius 3 is 2.74 bits per heavy atom. The molecule has 0 fully saturated rings. The molecule has 1 aromatic carbocycles. The number of carbonyl (C=O) groups is 1. The van der Waals surface area contributed by atoms with Gasteiger partial charge in [0.1, 0.15) is 11.3 Å². The van der Waals surface area contributed by atoms with Gasteiger partial charge in [0, 0.05) is 14.1 Å². The first-order valence-corrected chi connectivity index (χ1v) is 7.18. The third-order valence-corrected chi connectivity index (χ3v) is 3.89. The van der Waals surface area contributed by atoms with Crippen LogP contribution in [0.15, 0.2) is 34.8 Å². The Bertz CT molecular complexity index is 646. The number of benzene rings is 1. The van der Waals surface area contributed by atoms with E-state index in [1.807, 2.05) is 13.0 Å². The second kappa shape index (κ2) is 5.87. The molecule has 1 aromatic heterocycles. The molecule has 0 amide bonds. The van der Waals surface area contributed by atoms with Gasteiger partial charge in [-0.3, -0.25) is 0 Å². The van der Waals surface area contributed by atoms with Gasteiger partial charge >= 0.3 is 5.97 Å². The average molecular weight is 434 g/mol. The van der Waals surface area contributed by atoms with E-state index in [0.717, 1.165) is 13.7 Å². The van der Waals surface area contributed by atoms with Gasteiger partial charge < -0.3 is 9.84 Å². The highest BCUT2D eigenvalue weighted by molar-refractivity contribution is 14.1. The van der Waals surface area contributed by atoms with Gasteiger partial charge in [-0.1, -0.05) is 0 Å². The van der Waals surface area contributed by atoms with Gasteiger partial charge in [-0.2, -0.15) is 0 Å². The monoisotopic (exact) mass is 433 g/mol. The molecule has 98 valence electrons. The van der Waals surface area contributed by atoms with Gasteiger partial charge in [-0.05, 0) is 69.7 Å². The van der Waals surface area contributed by atoms with E-state index < -0.39 is 5.97 Å². The van der Waals surface area contributed by atoms with Crippen LogP contribution in [-0.4, -0.2) is 16.1 Å². The number of nitrogens with zero attached hydrogens (tertiary/aromatic N) is 1. The normalized spacial score (nSPS) is 10.3. The zero-order chi connectivity index (χ0) is 14.0. The lowest BCUT2D eigenvalue weighted by Crippen LogP contribution is -2.01. The maximum Gasteiger partial charge on any atom is 0.339 e. The minimum atomic E-state index is -1.03. The Labute approximate surface area is 132 Å². The van der Waals surface area contributed by atoms with Crippen molar-refractivity contribution in [2.75, 3.05) is 0 Å². The number of carboxylic acids is 1. The van der Waals surface area contributed by atoms with Crippen molar-refractivity contribution in [3.8, 4) is 11.6 Å². The molecule has 0 unspecified atom stereocenters. The van der Waals surface area contributed by atoms with Crippen LogP contribution >= 0.6 is 38.5 Å². The molecule has 0 saturated heterocycles. The first-order chi connectivity index (χ1) is 8.97. The second-order valence-corrected chi connectivity index (χ2v) is 5.86. The Morgan fingerprint density at radius 1 is 1.37 bits per heavy atom. The van der Waals surface area contributed by atoms with Gasteiger partial charge in [-0.25, -0.2) is 9.78 Å². The minimum absolute atomic E-state index is 0.120. The topological polar surface area (TPSA) is 59.4 Å². The third kappa shape index (κ3) is 3.44. The van der Waals surface area contributed by atoms with Crippen molar-refractivity contribution < 1.29 is 14.6 Å². The number of pyridine rings is 1. The fourth-order valence-electron chi connectivity index (χ4n) is 1.45. The molecule has 0 aliphatic carbocycles. The molecule has 0 bridgehead atoms. The van der Waals surface area contributed by atoms with Crippen LogP contribution in [-0.2, 0) is 0 Å². The lowest BCUT2D eigenvalue weighted by Gasteiger charge is -2.09. The van der Waals surface area contributed by atoms with Crippen LogP contribution < -0.4 is 4.74 Å². The van der Waals surface area contributed by atoms with Crippen LogP contribution in [0.1, 0.15) is 16.1 Å². The molecular formula is C13H9BrINO3. The summed E-state index contributed by atoms with van der Waals surface area (Å²) in [5.41, 5.74) is 0.897. The molecular weight excluding hydrogens is 425 g/mol. The summed E-state index contributed by atoms with van der Waals surface area (Å²) in [4.78, 5) is 15.4. The number of aromatic carboxylic acids is 1. The van der Waals surface area contributed by atoms with E-state index in [-0.39, 0.29) is 11.3 Å². The fraction of sp³-hybridized carbons (Fsp3) is 0.0769. The van der Waals surface area contributed by atoms with E-state index in [9.17, 15) is 4.79 Å². The number of hydrogen-bond donors (Lipinski definition) is 1. The summed E-state index contributed by atoms with van der Waals surface area (Å²) >= 11 is 5.40. The lowest BCUT2D eigenvalue weighted by molar-refractivity contribution is 0.0694. The fourth-order valence-corrected chi connectivity index (χ4v) is 2.16. The molecule has 0 atom stereocenters. The standard InChI is InChI=1S/C13H9BrINO3/c1-7-10(14)3-5-12(16-7)19-11-4-2-8(15)6-9(11)13(17)18/h2-6H,1H3,(H,17,18). The van der Waals surface area contributed by atoms with E-state index in [2.05, 4.69) is 43.5 Å². The van der Waals surface area contributed by atoms with Gasteiger partial charge in [-0.15, -0.1) is 0 Å². The van der Waals surface area contributed by atoms with Gasteiger partial charge in [0.15, 0.2) is 0 Å². The van der Waals surface area contributed by atoms with Crippen molar-refractivity contribution in [3.05, 3.63) is 49.6 Å². The minimum Gasteiger partial charge on any atom is -0.478 e. The maximum atomic E-state index is 11.2. The highest BCUT2D eigenvalue weighted by Crippen LogP contribution is 2.27. The summed E-state index contributed by atoms with van der Waals surface area (Å²) in [7, 11) is 0. The Morgan fingerprint density at radius 2 is 2.11 bits per heavy atom. The van der Waals surface area contributed by atoms with Crippen LogP contribution in [0.2, 0.25) is 0 Å². The summed E-state index contributed by atoms with van der Waals surface area (Å²) in [6.07, 6.45) is 0. The molecule has 0 saturated carbocycles. The SMILES string of the molecule is Cc1nc(Oc2ccc(I)cc2C(=O)O)ccc1Br. The van der Waals surface area contributed by atoms with E-state index in [1.54, 1.807) is 24.3 Å². The largest absolute Gasteiger partial charge is 0.478 e. The highest BCUT2D eigenvalue weighted by Gasteiger charge is 2.13. The van der Waals surface area contributed by atoms with Crippen molar-refractivity contribution >= 4 is 44.5 Å². The molecule has 0 aliphatic heterocycles. The molecule has 6 heteroatoms. The van der Waals surface area contributed by atoms with Crippen molar-refractivity contribution in [2.45, 2.75) is 6.92 Å². The summed E-state index contributed by atoms with van der Waals surface area (Å²) in [5, 5.41) is 9.16. The Balaban J connectivity index is 2.37. The zero-order valence-electron chi connectivity index (χ0n) is 9.85. The van der Waals surface area contributed by atoms with E-state index in [1.165, 1.54) is 0 Å². The maximum absolute atomic E-state index is 11.2. The number of hydrogen-bond acceptors (Lipinski definition) is 3. The lowest BCUT2D eigenvalue weighted by atomic mass is 10.2. The van der Waals surface area contributed by atoms with Crippen molar-refractivity contribution in [2.24, 2.45) is 0 Å². The predicted octanol–water partition coefficient (Wildman–Crippen LogP) is 4.25. The molecule has 1 N–H and O–H groups in total. The average Bonchev–Trinajstić information content (AvgIpc) is 2.36. The summed E-state index contributed by atoms with van der Waals surface area (Å²) < 4.78 is 7.26. The third-order valence-electron chi connectivity index (χ3n) is 2.38. The molecule has 1 heterocycles. The van der Waals surface area contributed by atoms with E-state index in [0.29, 0.717) is 5.88 Å². The van der Waals surface area contributed by atoms with Crippen molar-refractivity contribution in [1.82, 2.24) is 4.98 Å². The smallest absolute Gasteiger partial charge is 0.339 e. The second-order valence-electron chi connectivity index (χ2n) is 3.76. The van der Waals surface area contributed by atoms with Gasteiger partial charge in [0.05, 0.1) is 5.69 Å². The molecule has 0 radical (unpaired) electrons. The van der Waals surface area contributed by atoms with Crippen molar-refractivity contribution in [3.63, 3.8) is 0 Å². The Hall–Kier alpha value is -1.15. The van der Waals surface area contributed by atoms with Crippen LogP contribution in [0.4, 0.5) is 0 Å². The molecule has 0 spiro atoms. The molecule has 0 aliphatic rings. The van der Waals surface area contributed by atoms with Crippen LogP contribution in [0.25, 0.3) is 0 Å². The van der Waals surface area contributed by atoms with Gasteiger partial charge in [0.25, 0.3) is 0 Å². The predicted molar refractivity (Wildman–Crippen MR) is 82.9 cm³/mol. The number of ether oxygens (including phenoxy) is 1. The number of aryl methyl sites for hydroxylation is 1. The molecule has 19 heavy (non-hydrogen) atoms. The number of aromatic nitrogens is 1. The number of halogens is 2. The van der Waals surface area contributed by atoms with Gasteiger partial charge in [0.2, 0.25) is 5.88 Å². The Kier molecular flexibility index (Phi) is 4.41. The molecule has 4 nitrogen and oxygen atoms in total. The van der Waals surface area contributed by atoms with Crippen LogP contribution in [0.5, 0.6) is 11.6 Å². The van der Waals surface area contributed by atoms with Crippen LogP contribution in [0, 0.1) is 10.5 Å². The van der Waals surface area contributed by atoms with E-state index in [4.69, 9.17) is 9.84 Å². The van der Waals surface area contributed by atoms with Crippen LogP contribution in [0.3, 0.4) is 0 Å². The molecule has 2 aromatic rings. The highest BCUT2D eigenvalue weighted by atomic mass is 127. The number of rotatable bonds is 3. The zero-order valence-corrected chi connectivity index (χ0v) is 13.6. The first-order valence-electron chi connectivity index (χ1n) is 5.31. The first kappa shape index (κ1) is 14.3. The molecule has 2 rings (SSSR count).